The van der Waals surface area contributed by atoms with E-state index in [1.54, 1.807) is 0 Å². The molecule has 0 spiro atoms. The first kappa shape index (κ1) is 16.0. The molecule has 1 heterocycles. The van der Waals surface area contributed by atoms with E-state index in [-0.39, 0.29) is 5.91 Å². The molecule has 23 heavy (non-hydrogen) atoms. The Morgan fingerprint density at radius 2 is 1.87 bits per heavy atom. The van der Waals surface area contributed by atoms with Crippen LogP contribution in [-0.2, 0) is 17.6 Å². The van der Waals surface area contributed by atoms with Gasteiger partial charge in [0.1, 0.15) is 0 Å². The van der Waals surface area contributed by atoms with Crippen LogP contribution in [0.15, 0.2) is 36.4 Å². The molecule has 0 saturated heterocycles. The van der Waals surface area contributed by atoms with Crippen molar-refractivity contribution in [3.05, 3.63) is 58.1 Å². The topological polar surface area (TPSA) is 42.0 Å². The van der Waals surface area contributed by atoms with E-state index in [0.29, 0.717) is 16.6 Å². The van der Waals surface area contributed by atoms with E-state index in [0.717, 1.165) is 27.8 Å². The van der Waals surface area contributed by atoms with Gasteiger partial charge in [-0.05, 0) is 36.1 Å². The van der Waals surface area contributed by atoms with Crippen molar-refractivity contribution in [3.8, 4) is 0 Å². The smallest absolute Gasteiger partial charge is 0.230 e. The second-order valence-electron chi connectivity index (χ2n) is 5.46. The zero-order valence-corrected chi connectivity index (χ0v) is 14.6. The van der Waals surface area contributed by atoms with Crippen molar-refractivity contribution in [2.45, 2.75) is 26.7 Å². The molecule has 0 fully saturated rings. The second-order valence-corrected chi connectivity index (χ2v) is 6.86. The highest BCUT2D eigenvalue weighted by Crippen LogP contribution is 2.33. The highest BCUT2D eigenvalue weighted by Gasteiger charge is 2.12. The molecule has 118 valence electrons. The molecule has 5 heteroatoms. The van der Waals surface area contributed by atoms with E-state index in [4.69, 9.17) is 11.6 Å². The summed E-state index contributed by atoms with van der Waals surface area (Å²) in [6.45, 7) is 4.10. The molecule has 0 atom stereocenters. The predicted molar refractivity (Wildman–Crippen MR) is 97.5 cm³/mol. The van der Waals surface area contributed by atoms with Crippen LogP contribution in [0.4, 0.5) is 5.13 Å². The summed E-state index contributed by atoms with van der Waals surface area (Å²) >= 11 is 7.60. The molecular weight excluding hydrogens is 328 g/mol. The zero-order chi connectivity index (χ0) is 16.4. The molecule has 2 aromatic carbocycles. The summed E-state index contributed by atoms with van der Waals surface area (Å²) in [5, 5.41) is 4.13. The van der Waals surface area contributed by atoms with Gasteiger partial charge in [-0.3, -0.25) is 4.79 Å². The Labute approximate surface area is 144 Å². The number of hydrogen-bond acceptors (Lipinski definition) is 3. The molecule has 3 nitrogen and oxygen atoms in total. The van der Waals surface area contributed by atoms with Gasteiger partial charge in [0.2, 0.25) is 5.91 Å². The van der Waals surface area contributed by atoms with Crippen molar-refractivity contribution < 1.29 is 4.79 Å². The van der Waals surface area contributed by atoms with E-state index in [1.807, 2.05) is 31.2 Å². The second kappa shape index (κ2) is 6.69. The Morgan fingerprint density at radius 1 is 1.17 bits per heavy atom. The number of rotatable bonds is 4. The highest BCUT2D eigenvalue weighted by atomic mass is 35.5. The fraction of sp³-hybridized carbons (Fsp3) is 0.222. The third kappa shape index (κ3) is 3.54. The Kier molecular flexibility index (Phi) is 4.64. The minimum absolute atomic E-state index is 0.0675. The third-order valence-corrected chi connectivity index (χ3v) is 5.17. The van der Waals surface area contributed by atoms with E-state index in [1.165, 1.54) is 16.9 Å². The number of anilines is 1. The maximum atomic E-state index is 12.2. The summed E-state index contributed by atoms with van der Waals surface area (Å²) in [5.41, 5.74) is 4.17. The summed E-state index contributed by atoms with van der Waals surface area (Å²) in [5.74, 6) is -0.0675. The standard InChI is InChI=1S/C18H17ClN2OS/c1-3-12-5-7-13(8-6-12)10-15(22)20-18-21-16-11(2)4-9-14(19)17(16)23-18/h4-9H,3,10H2,1-2H3,(H,20,21,22). The molecular formula is C18H17ClN2OS. The van der Waals surface area contributed by atoms with Gasteiger partial charge in [0.25, 0.3) is 0 Å². The number of hydrogen-bond donors (Lipinski definition) is 1. The van der Waals surface area contributed by atoms with Gasteiger partial charge < -0.3 is 5.32 Å². The quantitative estimate of drug-likeness (QED) is 0.723. The van der Waals surface area contributed by atoms with Gasteiger partial charge in [0.15, 0.2) is 5.13 Å². The number of aryl methyl sites for hydroxylation is 2. The lowest BCUT2D eigenvalue weighted by atomic mass is 10.1. The van der Waals surface area contributed by atoms with Crippen LogP contribution in [0.3, 0.4) is 0 Å². The number of thiazole rings is 1. The van der Waals surface area contributed by atoms with Crippen LogP contribution in [0.1, 0.15) is 23.6 Å². The van der Waals surface area contributed by atoms with Crippen molar-refractivity contribution in [1.29, 1.82) is 0 Å². The number of halogens is 1. The largest absolute Gasteiger partial charge is 0.302 e. The van der Waals surface area contributed by atoms with Crippen LogP contribution in [0, 0.1) is 6.92 Å². The Bertz CT molecular complexity index is 816. The number of nitrogens with one attached hydrogen (secondary N) is 1. The van der Waals surface area contributed by atoms with Gasteiger partial charge in [-0.1, -0.05) is 60.2 Å². The molecule has 0 aliphatic heterocycles. The van der Waals surface area contributed by atoms with Gasteiger partial charge in [-0.15, -0.1) is 0 Å². The van der Waals surface area contributed by atoms with Crippen LogP contribution >= 0.6 is 22.9 Å². The van der Waals surface area contributed by atoms with Gasteiger partial charge in [-0.25, -0.2) is 4.98 Å². The number of aromatic nitrogens is 1. The average Bonchev–Trinajstić information content (AvgIpc) is 2.96. The van der Waals surface area contributed by atoms with Gasteiger partial charge in [0.05, 0.1) is 21.7 Å². The molecule has 3 rings (SSSR count). The molecule has 1 N–H and O–H groups in total. The molecule has 1 aromatic heterocycles. The maximum Gasteiger partial charge on any atom is 0.230 e. The summed E-state index contributed by atoms with van der Waals surface area (Å²) < 4.78 is 0.911. The van der Waals surface area contributed by atoms with Crippen LogP contribution in [0.2, 0.25) is 5.02 Å². The van der Waals surface area contributed by atoms with Crippen molar-refractivity contribution in [2.24, 2.45) is 0 Å². The molecule has 3 aromatic rings. The van der Waals surface area contributed by atoms with Crippen LogP contribution in [0.5, 0.6) is 0 Å². The number of benzene rings is 2. The van der Waals surface area contributed by atoms with Crippen LogP contribution in [0.25, 0.3) is 10.2 Å². The van der Waals surface area contributed by atoms with Crippen molar-refractivity contribution >= 4 is 44.2 Å². The van der Waals surface area contributed by atoms with Crippen molar-refractivity contribution in [1.82, 2.24) is 4.98 Å². The number of fused-ring (bicyclic) bond motifs is 1. The van der Waals surface area contributed by atoms with Crippen molar-refractivity contribution in [3.63, 3.8) is 0 Å². The summed E-state index contributed by atoms with van der Waals surface area (Å²) in [6.07, 6.45) is 1.34. The highest BCUT2D eigenvalue weighted by molar-refractivity contribution is 7.23. The number of carbonyl (C=O) groups excluding carboxylic acids is 1. The van der Waals surface area contributed by atoms with E-state index < -0.39 is 0 Å². The van der Waals surface area contributed by atoms with Crippen LogP contribution in [-0.4, -0.2) is 10.9 Å². The van der Waals surface area contributed by atoms with Crippen LogP contribution < -0.4 is 5.32 Å². The fourth-order valence-corrected chi connectivity index (χ4v) is 3.63. The monoisotopic (exact) mass is 344 g/mol. The lowest BCUT2D eigenvalue weighted by molar-refractivity contribution is -0.115. The zero-order valence-electron chi connectivity index (χ0n) is 13.0. The Morgan fingerprint density at radius 3 is 2.52 bits per heavy atom. The average molecular weight is 345 g/mol. The van der Waals surface area contributed by atoms with Gasteiger partial charge in [0, 0.05) is 0 Å². The van der Waals surface area contributed by atoms with E-state index in [9.17, 15) is 4.79 Å². The molecule has 0 unspecified atom stereocenters. The molecule has 0 saturated carbocycles. The number of carbonyl (C=O) groups is 1. The molecule has 0 aliphatic carbocycles. The lowest BCUT2D eigenvalue weighted by Gasteiger charge is -2.03. The summed E-state index contributed by atoms with van der Waals surface area (Å²) in [7, 11) is 0. The molecule has 1 amide bonds. The fourth-order valence-electron chi connectivity index (χ4n) is 2.40. The minimum atomic E-state index is -0.0675. The van der Waals surface area contributed by atoms with Gasteiger partial charge >= 0.3 is 0 Å². The molecule has 0 aliphatic rings. The molecule has 0 radical (unpaired) electrons. The number of nitrogens with zero attached hydrogens (tertiary/aromatic N) is 1. The number of amides is 1. The first-order valence-corrected chi connectivity index (χ1v) is 8.69. The minimum Gasteiger partial charge on any atom is -0.302 e. The Balaban J connectivity index is 1.74. The van der Waals surface area contributed by atoms with E-state index in [2.05, 4.69) is 29.4 Å². The van der Waals surface area contributed by atoms with Gasteiger partial charge in [-0.2, -0.15) is 0 Å². The first-order chi connectivity index (χ1) is 11.1. The summed E-state index contributed by atoms with van der Waals surface area (Å²) in [4.78, 5) is 16.7. The molecule has 0 bridgehead atoms. The van der Waals surface area contributed by atoms with Crippen molar-refractivity contribution in [2.75, 3.05) is 5.32 Å². The first-order valence-electron chi connectivity index (χ1n) is 7.50. The summed E-state index contributed by atoms with van der Waals surface area (Å²) in [6, 6.07) is 11.9. The maximum absolute atomic E-state index is 12.2. The normalized spacial score (nSPS) is 10.9. The SMILES string of the molecule is CCc1ccc(CC(=O)Nc2nc3c(C)ccc(Cl)c3s2)cc1. The Hall–Kier alpha value is -1.91. The lowest BCUT2D eigenvalue weighted by Crippen LogP contribution is -2.14. The predicted octanol–water partition coefficient (Wildman–Crippen LogP) is 5.00. The third-order valence-electron chi connectivity index (χ3n) is 3.74. The van der Waals surface area contributed by atoms with E-state index >= 15 is 0 Å².